The fourth-order valence-electron chi connectivity index (χ4n) is 4.19. The first-order valence-corrected chi connectivity index (χ1v) is 10.6. The summed E-state index contributed by atoms with van der Waals surface area (Å²) in [5, 5.41) is 20.9. The zero-order valence-corrected chi connectivity index (χ0v) is 17.8. The van der Waals surface area contributed by atoms with E-state index in [1.165, 1.54) is 12.1 Å². The number of H-pyrrole nitrogens is 2. The number of carbonyl (C=O) groups is 1. The molecule has 2 amide bonds. The summed E-state index contributed by atoms with van der Waals surface area (Å²) in [5.41, 5.74) is 5.68. The van der Waals surface area contributed by atoms with Gasteiger partial charge in [-0.25, -0.2) is 14.2 Å². The highest BCUT2D eigenvalue weighted by Gasteiger charge is 2.27. The van der Waals surface area contributed by atoms with E-state index < -0.39 is 5.82 Å². The molecule has 5 rings (SSSR count). The van der Waals surface area contributed by atoms with Gasteiger partial charge in [0.2, 0.25) is 0 Å². The predicted octanol–water partition coefficient (Wildman–Crippen LogP) is 4.07. The van der Waals surface area contributed by atoms with Gasteiger partial charge in [-0.15, -0.1) is 0 Å². The Bertz CT molecular complexity index is 1320. The molecule has 0 saturated carbocycles. The van der Waals surface area contributed by atoms with Crippen LogP contribution in [0.25, 0.3) is 33.5 Å². The number of amides is 2. The number of aromatic hydroxyl groups is 1. The third kappa shape index (κ3) is 3.26. The number of phenols is 1. The zero-order valence-electron chi connectivity index (χ0n) is 17.8. The van der Waals surface area contributed by atoms with E-state index in [1.54, 1.807) is 4.90 Å². The van der Waals surface area contributed by atoms with Crippen molar-refractivity contribution in [2.24, 2.45) is 0 Å². The highest BCUT2D eigenvalue weighted by atomic mass is 19.1. The lowest BCUT2D eigenvalue weighted by molar-refractivity contribution is 0.198. The molecule has 4 aromatic rings. The van der Waals surface area contributed by atoms with Gasteiger partial charge in [-0.3, -0.25) is 5.10 Å². The molecule has 9 heteroatoms. The van der Waals surface area contributed by atoms with Crippen molar-refractivity contribution in [2.75, 3.05) is 6.54 Å². The summed E-state index contributed by atoms with van der Waals surface area (Å²) in [6.45, 7) is 5.37. The molecule has 0 unspecified atom stereocenters. The fourth-order valence-corrected chi connectivity index (χ4v) is 4.19. The van der Waals surface area contributed by atoms with E-state index in [0.717, 1.165) is 39.0 Å². The molecule has 0 aliphatic carbocycles. The first-order valence-electron chi connectivity index (χ1n) is 10.6. The second-order valence-electron chi connectivity index (χ2n) is 7.85. The second-order valence-corrected chi connectivity index (χ2v) is 7.85. The topological polar surface area (TPSA) is 110 Å². The van der Waals surface area contributed by atoms with Crippen LogP contribution >= 0.6 is 0 Å². The van der Waals surface area contributed by atoms with Crippen molar-refractivity contribution in [3.05, 3.63) is 53.1 Å². The number of rotatable bonds is 4. The van der Waals surface area contributed by atoms with E-state index in [-0.39, 0.29) is 11.8 Å². The van der Waals surface area contributed by atoms with Gasteiger partial charge in [-0.05, 0) is 54.3 Å². The maximum atomic E-state index is 14.0. The van der Waals surface area contributed by atoms with Crippen molar-refractivity contribution in [1.82, 2.24) is 30.4 Å². The van der Waals surface area contributed by atoms with E-state index in [4.69, 9.17) is 0 Å². The Balaban J connectivity index is 1.46. The van der Waals surface area contributed by atoms with E-state index in [0.29, 0.717) is 37.6 Å². The van der Waals surface area contributed by atoms with Gasteiger partial charge in [0.25, 0.3) is 0 Å². The number of halogens is 1. The molecule has 4 N–H and O–H groups in total. The van der Waals surface area contributed by atoms with Crippen LogP contribution < -0.4 is 5.32 Å². The number of hydrogen-bond acceptors (Lipinski definition) is 4. The molecular weight excluding hydrogens is 411 g/mol. The van der Waals surface area contributed by atoms with Gasteiger partial charge in [0.05, 0.1) is 30.0 Å². The van der Waals surface area contributed by atoms with Gasteiger partial charge in [0.1, 0.15) is 5.69 Å². The molecule has 0 saturated heterocycles. The van der Waals surface area contributed by atoms with Crippen LogP contribution in [-0.4, -0.2) is 42.7 Å². The van der Waals surface area contributed by atoms with E-state index in [1.807, 2.05) is 32.0 Å². The number of phenolic OH excluding ortho intramolecular Hbond substituents is 1. The summed E-state index contributed by atoms with van der Waals surface area (Å²) >= 11 is 0. The van der Waals surface area contributed by atoms with Gasteiger partial charge in [-0.2, -0.15) is 5.10 Å². The average Bonchev–Trinajstić information content (AvgIpc) is 3.47. The maximum Gasteiger partial charge on any atom is 0.318 e. The minimum atomic E-state index is -0.644. The number of carbonyl (C=O) groups excluding carboxylic acids is 1. The number of fused-ring (bicyclic) bond motifs is 2. The minimum Gasteiger partial charge on any atom is -0.505 e. The molecule has 0 fully saturated rings. The van der Waals surface area contributed by atoms with Crippen LogP contribution in [0.2, 0.25) is 0 Å². The van der Waals surface area contributed by atoms with Crippen LogP contribution in [0, 0.1) is 5.82 Å². The molecule has 2 aromatic carbocycles. The van der Waals surface area contributed by atoms with Crippen molar-refractivity contribution in [1.29, 1.82) is 0 Å². The molecule has 0 radical (unpaired) electrons. The predicted molar refractivity (Wildman–Crippen MR) is 118 cm³/mol. The van der Waals surface area contributed by atoms with Crippen LogP contribution in [0.5, 0.6) is 5.75 Å². The number of aryl methyl sites for hydroxylation is 1. The normalized spacial score (nSPS) is 13.0. The zero-order chi connectivity index (χ0) is 22.4. The molecular formula is C23H23FN6O2. The van der Waals surface area contributed by atoms with Crippen LogP contribution in [0.4, 0.5) is 9.18 Å². The number of hydrogen-bond donors (Lipinski definition) is 4. The number of urea groups is 1. The molecule has 0 atom stereocenters. The Morgan fingerprint density at radius 3 is 2.84 bits per heavy atom. The summed E-state index contributed by atoms with van der Waals surface area (Å²) in [7, 11) is 0. The second kappa shape index (κ2) is 7.67. The van der Waals surface area contributed by atoms with Crippen molar-refractivity contribution in [2.45, 2.75) is 33.4 Å². The summed E-state index contributed by atoms with van der Waals surface area (Å²) < 4.78 is 14.0. The lowest BCUT2D eigenvalue weighted by Crippen LogP contribution is -2.36. The molecule has 2 aromatic heterocycles. The van der Waals surface area contributed by atoms with E-state index in [9.17, 15) is 14.3 Å². The molecule has 32 heavy (non-hydrogen) atoms. The molecule has 8 nitrogen and oxygen atoms in total. The molecule has 164 valence electrons. The van der Waals surface area contributed by atoms with Gasteiger partial charge in [-0.1, -0.05) is 13.0 Å². The third-order valence-electron chi connectivity index (χ3n) is 5.82. The van der Waals surface area contributed by atoms with Crippen molar-refractivity contribution in [3.63, 3.8) is 0 Å². The largest absolute Gasteiger partial charge is 0.505 e. The number of aromatic nitrogens is 4. The molecule has 1 aliphatic heterocycles. The van der Waals surface area contributed by atoms with E-state index in [2.05, 4.69) is 25.5 Å². The van der Waals surface area contributed by atoms with Crippen LogP contribution in [0.1, 0.15) is 30.8 Å². The standard InChI is InChI=1S/C23H23FN6O2/c1-3-12-8-20(31)16(24)9-15(12)13-5-6-14-17(7-13)28-29-21(14)22-26-18-10-30(11-19(18)27-22)23(32)25-4-2/h5-9,31H,3-4,10-11H2,1-2H3,(H,25,32)(H,26,27)(H,28,29). The quantitative estimate of drug-likeness (QED) is 0.388. The van der Waals surface area contributed by atoms with Gasteiger partial charge < -0.3 is 20.3 Å². The molecule has 3 heterocycles. The lowest BCUT2D eigenvalue weighted by atomic mass is 9.96. The number of imidazole rings is 1. The Morgan fingerprint density at radius 1 is 1.25 bits per heavy atom. The molecule has 0 spiro atoms. The van der Waals surface area contributed by atoms with Crippen molar-refractivity contribution >= 4 is 16.9 Å². The first kappa shape index (κ1) is 20.0. The highest BCUT2D eigenvalue weighted by molar-refractivity contribution is 5.94. The Hall–Kier alpha value is -3.88. The fraction of sp³-hybridized carbons (Fsp3) is 0.261. The number of aromatic amines is 2. The minimum absolute atomic E-state index is 0.102. The Labute approximate surface area is 183 Å². The first-order chi connectivity index (χ1) is 15.5. The maximum absolute atomic E-state index is 14.0. The van der Waals surface area contributed by atoms with Crippen molar-refractivity contribution in [3.8, 4) is 28.4 Å². The van der Waals surface area contributed by atoms with Crippen LogP contribution in [0.15, 0.2) is 30.3 Å². The summed E-state index contributed by atoms with van der Waals surface area (Å²) in [6, 6.07) is 8.51. The smallest absolute Gasteiger partial charge is 0.318 e. The van der Waals surface area contributed by atoms with Crippen LogP contribution in [-0.2, 0) is 19.5 Å². The SMILES string of the molecule is CCNC(=O)N1Cc2nc(-c3n[nH]c4cc(-c5cc(F)c(O)cc5CC)ccc34)[nH]c2C1. The number of nitrogens with zero attached hydrogens (tertiary/aromatic N) is 3. The van der Waals surface area contributed by atoms with Crippen LogP contribution in [0.3, 0.4) is 0 Å². The third-order valence-corrected chi connectivity index (χ3v) is 5.82. The number of nitrogens with one attached hydrogen (secondary N) is 3. The summed E-state index contributed by atoms with van der Waals surface area (Å²) in [5.74, 6) is -0.337. The monoisotopic (exact) mass is 434 g/mol. The number of benzene rings is 2. The van der Waals surface area contributed by atoms with Crippen molar-refractivity contribution < 1.29 is 14.3 Å². The summed E-state index contributed by atoms with van der Waals surface area (Å²) in [6.07, 6.45) is 0.667. The molecule has 1 aliphatic rings. The van der Waals surface area contributed by atoms with E-state index >= 15 is 0 Å². The van der Waals surface area contributed by atoms with Gasteiger partial charge in [0, 0.05) is 11.9 Å². The summed E-state index contributed by atoms with van der Waals surface area (Å²) in [4.78, 5) is 21.7. The van der Waals surface area contributed by atoms with Gasteiger partial charge >= 0.3 is 6.03 Å². The Morgan fingerprint density at radius 2 is 2.09 bits per heavy atom. The highest BCUT2D eigenvalue weighted by Crippen LogP contribution is 2.34. The lowest BCUT2D eigenvalue weighted by Gasteiger charge is -2.15. The van der Waals surface area contributed by atoms with Gasteiger partial charge in [0.15, 0.2) is 17.4 Å². The Kier molecular flexibility index (Phi) is 4.80. The molecule has 0 bridgehead atoms. The average molecular weight is 434 g/mol.